The van der Waals surface area contributed by atoms with Crippen LogP contribution in [0.25, 0.3) is 0 Å². The fourth-order valence-electron chi connectivity index (χ4n) is 3.83. The van der Waals surface area contributed by atoms with Crippen LogP contribution in [-0.4, -0.2) is 47.0 Å². The van der Waals surface area contributed by atoms with Gasteiger partial charge in [0.05, 0.1) is 22.9 Å². The van der Waals surface area contributed by atoms with Crippen LogP contribution >= 0.6 is 11.3 Å². The van der Waals surface area contributed by atoms with Gasteiger partial charge in [0.15, 0.2) is 6.23 Å². The molecule has 0 amide bonds. The molecule has 1 saturated heterocycles. The van der Waals surface area contributed by atoms with Crippen LogP contribution < -0.4 is 5.32 Å². The maximum absolute atomic E-state index is 13.0. The quantitative estimate of drug-likeness (QED) is 0.484. The smallest absolute Gasteiger partial charge is 0.371 e. The number of aliphatic hydroxyl groups excluding tert-OH is 1. The molecule has 1 fully saturated rings. The van der Waals surface area contributed by atoms with Crippen LogP contribution in [0.2, 0.25) is 0 Å². The summed E-state index contributed by atoms with van der Waals surface area (Å²) in [6.45, 7) is 4.49. The number of aromatic nitrogens is 1. The van der Waals surface area contributed by atoms with Gasteiger partial charge in [-0.15, -0.1) is 11.3 Å². The second kappa shape index (κ2) is 10.2. The van der Waals surface area contributed by atoms with Crippen molar-refractivity contribution in [3.8, 4) is 0 Å². The van der Waals surface area contributed by atoms with Crippen LogP contribution in [0.5, 0.6) is 0 Å². The summed E-state index contributed by atoms with van der Waals surface area (Å²) in [6, 6.07) is 15.4. The lowest BCUT2D eigenvalue weighted by Crippen LogP contribution is -2.49. The molecule has 2 unspecified atom stereocenters. The summed E-state index contributed by atoms with van der Waals surface area (Å²) in [5.41, 5.74) is 1.77. The Hall–Kier alpha value is -2.46. The van der Waals surface area contributed by atoms with E-state index >= 15 is 0 Å². The number of rotatable bonds is 7. The first-order valence-corrected chi connectivity index (χ1v) is 11.5. The Morgan fingerprint density at radius 1 is 1.18 bits per heavy atom. The molecule has 33 heavy (non-hydrogen) atoms. The lowest BCUT2D eigenvalue weighted by Gasteiger charge is -2.35. The molecule has 9 heteroatoms. The van der Waals surface area contributed by atoms with Gasteiger partial charge in [0.1, 0.15) is 11.1 Å². The Kier molecular flexibility index (Phi) is 7.33. The highest BCUT2D eigenvalue weighted by molar-refractivity contribution is 7.15. The first-order chi connectivity index (χ1) is 15.8. The minimum atomic E-state index is -4.37. The number of nitrogens with zero attached hydrogens (tertiary/aromatic N) is 2. The van der Waals surface area contributed by atoms with Gasteiger partial charge in [0.25, 0.3) is 0 Å². The number of hydrogen-bond acceptors (Lipinski definition) is 6. The number of thiazole rings is 1. The molecule has 0 bridgehead atoms. The lowest BCUT2D eigenvalue weighted by atomic mass is 10.1. The van der Waals surface area contributed by atoms with Crippen LogP contribution in [0, 0.1) is 6.92 Å². The fraction of sp³-hybridized carbons (Fsp3) is 0.375. The van der Waals surface area contributed by atoms with Crippen molar-refractivity contribution in [1.82, 2.24) is 9.88 Å². The van der Waals surface area contributed by atoms with Crippen molar-refractivity contribution in [2.24, 2.45) is 0 Å². The highest BCUT2D eigenvalue weighted by Gasteiger charge is 2.30. The van der Waals surface area contributed by atoms with Crippen molar-refractivity contribution in [3.63, 3.8) is 0 Å². The summed E-state index contributed by atoms with van der Waals surface area (Å²) in [5.74, 6) is 0. The minimum absolute atomic E-state index is 0.290. The molecule has 3 aromatic rings. The predicted molar refractivity (Wildman–Crippen MR) is 122 cm³/mol. The first kappa shape index (κ1) is 23.7. The highest BCUT2D eigenvalue weighted by atomic mass is 32.1. The van der Waals surface area contributed by atoms with Gasteiger partial charge in [-0.3, -0.25) is 4.90 Å². The maximum Gasteiger partial charge on any atom is 0.416 e. The Balaban J connectivity index is 1.37. The zero-order chi connectivity index (χ0) is 23.4. The highest BCUT2D eigenvalue weighted by Crippen LogP contribution is 2.31. The molecule has 0 saturated carbocycles. The number of morpholine rings is 1. The minimum Gasteiger partial charge on any atom is -0.371 e. The fourth-order valence-corrected chi connectivity index (χ4v) is 4.86. The molecule has 176 valence electrons. The normalized spacial score (nSPS) is 18.3. The zero-order valence-electron chi connectivity index (χ0n) is 18.2. The molecule has 5 nitrogen and oxygen atoms in total. The third-order valence-corrected chi connectivity index (χ3v) is 6.60. The van der Waals surface area contributed by atoms with Gasteiger partial charge < -0.3 is 15.2 Å². The summed E-state index contributed by atoms with van der Waals surface area (Å²) >= 11 is 1.33. The SMILES string of the molecule is Cc1nc(Cc2cccc(C(F)(F)F)c2)sc1NC(O)C1CN(Cc2ccccc2)CCO1. The van der Waals surface area contributed by atoms with Crippen molar-refractivity contribution in [3.05, 3.63) is 82.0 Å². The average Bonchev–Trinajstić information content (AvgIpc) is 3.12. The van der Waals surface area contributed by atoms with E-state index in [9.17, 15) is 18.3 Å². The summed E-state index contributed by atoms with van der Waals surface area (Å²) in [6.07, 6.45) is -5.42. The summed E-state index contributed by atoms with van der Waals surface area (Å²) < 4.78 is 44.7. The number of nitrogens with one attached hydrogen (secondary N) is 1. The van der Waals surface area contributed by atoms with E-state index in [1.165, 1.54) is 23.0 Å². The third kappa shape index (κ3) is 6.32. The molecular weight excluding hydrogens is 451 g/mol. The zero-order valence-corrected chi connectivity index (χ0v) is 19.0. The van der Waals surface area contributed by atoms with Crippen molar-refractivity contribution < 1.29 is 23.0 Å². The summed E-state index contributed by atoms with van der Waals surface area (Å²) in [4.78, 5) is 6.72. The molecule has 1 aliphatic rings. The molecule has 2 aromatic carbocycles. The topological polar surface area (TPSA) is 57.6 Å². The molecule has 1 aromatic heterocycles. The largest absolute Gasteiger partial charge is 0.416 e. The van der Waals surface area contributed by atoms with E-state index in [1.807, 2.05) is 25.1 Å². The van der Waals surface area contributed by atoms with E-state index in [-0.39, 0.29) is 6.42 Å². The van der Waals surface area contributed by atoms with Crippen molar-refractivity contribution in [1.29, 1.82) is 0 Å². The first-order valence-electron chi connectivity index (χ1n) is 10.7. The van der Waals surface area contributed by atoms with E-state index in [0.29, 0.717) is 34.4 Å². The van der Waals surface area contributed by atoms with Gasteiger partial charge in [-0.05, 0) is 24.1 Å². The number of benzene rings is 2. The predicted octanol–water partition coefficient (Wildman–Crippen LogP) is 4.69. The Labute approximate surface area is 194 Å². The molecule has 2 heterocycles. The summed E-state index contributed by atoms with van der Waals surface area (Å²) in [5, 5.41) is 15.2. The molecule has 0 radical (unpaired) electrons. The van der Waals surface area contributed by atoms with Gasteiger partial charge in [0, 0.05) is 26.1 Å². The van der Waals surface area contributed by atoms with E-state index < -0.39 is 24.1 Å². The van der Waals surface area contributed by atoms with E-state index in [2.05, 4.69) is 27.3 Å². The second-order valence-electron chi connectivity index (χ2n) is 8.12. The lowest BCUT2D eigenvalue weighted by molar-refractivity contribution is -0.137. The van der Waals surface area contributed by atoms with Gasteiger partial charge in [-0.1, -0.05) is 48.5 Å². The number of aryl methyl sites for hydroxylation is 1. The van der Waals surface area contributed by atoms with Crippen molar-refractivity contribution in [2.45, 2.75) is 38.4 Å². The molecule has 4 rings (SSSR count). The number of anilines is 1. The summed E-state index contributed by atoms with van der Waals surface area (Å²) in [7, 11) is 0. The number of aliphatic hydroxyl groups is 1. The second-order valence-corrected chi connectivity index (χ2v) is 9.20. The van der Waals surface area contributed by atoms with Crippen molar-refractivity contribution >= 4 is 16.3 Å². The van der Waals surface area contributed by atoms with Crippen LogP contribution in [0.3, 0.4) is 0 Å². The van der Waals surface area contributed by atoms with Crippen LogP contribution in [0.4, 0.5) is 18.2 Å². The number of hydrogen-bond donors (Lipinski definition) is 2. The van der Waals surface area contributed by atoms with Gasteiger partial charge in [-0.2, -0.15) is 13.2 Å². The van der Waals surface area contributed by atoms with Gasteiger partial charge in [-0.25, -0.2) is 4.98 Å². The number of halogens is 3. The van der Waals surface area contributed by atoms with Crippen LogP contribution in [0.1, 0.15) is 27.4 Å². The number of ether oxygens (including phenoxy) is 1. The molecule has 2 atom stereocenters. The maximum atomic E-state index is 13.0. The molecule has 0 aliphatic carbocycles. The van der Waals surface area contributed by atoms with Crippen molar-refractivity contribution in [2.75, 3.05) is 25.0 Å². The Bertz CT molecular complexity index is 1060. The molecule has 2 N–H and O–H groups in total. The van der Waals surface area contributed by atoms with E-state index in [4.69, 9.17) is 4.74 Å². The van der Waals surface area contributed by atoms with Crippen LogP contribution in [-0.2, 0) is 23.9 Å². The van der Waals surface area contributed by atoms with E-state index in [1.54, 1.807) is 6.07 Å². The van der Waals surface area contributed by atoms with Gasteiger partial charge in [0.2, 0.25) is 0 Å². The molecule has 0 spiro atoms. The monoisotopic (exact) mass is 477 g/mol. The number of alkyl halides is 3. The Morgan fingerprint density at radius 3 is 2.70 bits per heavy atom. The molecule has 1 aliphatic heterocycles. The third-order valence-electron chi connectivity index (χ3n) is 5.51. The van der Waals surface area contributed by atoms with E-state index in [0.717, 1.165) is 25.2 Å². The van der Waals surface area contributed by atoms with Gasteiger partial charge >= 0.3 is 6.18 Å². The Morgan fingerprint density at radius 2 is 1.94 bits per heavy atom. The standard InChI is InChI=1S/C24H26F3N3O2S/c1-16-23(33-21(28-16)13-18-8-5-9-19(12-18)24(25,26)27)29-22(31)20-15-30(10-11-32-20)14-17-6-3-2-4-7-17/h2-9,12,20,22,29,31H,10-11,13-15H2,1H3. The average molecular weight is 478 g/mol. The van der Waals surface area contributed by atoms with Crippen LogP contribution in [0.15, 0.2) is 54.6 Å². The molecular formula is C24H26F3N3O2S.